The third-order valence-corrected chi connectivity index (χ3v) is 4.27. The van der Waals surface area contributed by atoms with E-state index in [2.05, 4.69) is 29.4 Å². The van der Waals surface area contributed by atoms with E-state index in [-0.39, 0.29) is 11.6 Å². The lowest BCUT2D eigenvalue weighted by atomic mass is 9.97. The summed E-state index contributed by atoms with van der Waals surface area (Å²) in [5.41, 5.74) is 3.30. The highest BCUT2D eigenvalue weighted by molar-refractivity contribution is 5.71. The average Bonchev–Trinajstić information content (AvgIpc) is 3.34. The first-order valence-corrected chi connectivity index (χ1v) is 8.50. The summed E-state index contributed by atoms with van der Waals surface area (Å²) in [6.07, 6.45) is 6.96. The summed E-state index contributed by atoms with van der Waals surface area (Å²) in [7, 11) is 0. The van der Waals surface area contributed by atoms with E-state index >= 15 is 0 Å². The highest BCUT2D eigenvalue weighted by atomic mass is 16.6. The highest BCUT2D eigenvalue weighted by Gasteiger charge is 2.46. The molecule has 1 aliphatic carbocycles. The van der Waals surface area contributed by atoms with Gasteiger partial charge in [-0.1, -0.05) is 36.3 Å². The third kappa shape index (κ3) is 4.03. The Bertz CT molecular complexity index is 836. The fourth-order valence-corrected chi connectivity index (χ4v) is 2.89. The largest absolute Gasteiger partial charge is 0.444 e. The van der Waals surface area contributed by atoms with Crippen LogP contribution in [0.25, 0.3) is 11.1 Å². The van der Waals surface area contributed by atoms with Gasteiger partial charge in [-0.15, -0.1) is 6.42 Å². The van der Waals surface area contributed by atoms with Crippen LogP contribution in [0, 0.1) is 12.3 Å². The van der Waals surface area contributed by atoms with E-state index in [4.69, 9.17) is 11.2 Å². The Balaban J connectivity index is 1.84. The number of ether oxygens (including phenoxy) is 1. The molecule has 0 atom stereocenters. The molecule has 0 unspecified atom stereocenters. The van der Waals surface area contributed by atoms with Crippen LogP contribution < -0.4 is 5.32 Å². The van der Waals surface area contributed by atoms with Gasteiger partial charge in [0.05, 0.1) is 5.54 Å². The molecule has 0 heterocycles. The van der Waals surface area contributed by atoms with Crippen molar-refractivity contribution in [2.45, 2.75) is 44.8 Å². The molecule has 1 amide bonds. The Morgan fingerprint density at radius 2 is 1.76 bits per heavy atom. The number of hydrogen-bond acceptors (Lipinski definition) is 2. The highest BCUT2D eigenvalue weighted by Crippen LogP contribution is 2.46. The van der Waals surface area contributed by atoms with Gasteiger partial charge in [0.2, 0.25) is 0 Å². The third-order valence-electron chi connectivity index (χ3n) is 4.27. The Hall–Kier alpha value is -2.73. The van der Waals surface area contributed by atoms with Gasteiger partial charge in [-0.25, -0.2) is 4.79 Å². The standard InChI is InChI=1S/C22H23NO2/c1-5-16-8-6-9-17(14-16)18-10-7-11-19(15-18)22(12-13-22)23-20(24)25-21(2,3)4/h1,6-11,14-15H,12-13H2,2-4H3,(H,23,24). The minimum absolute atomic E-state index is 0.317. The summed E-state index contributed by atoms with van der Waals surface area (Å²) in [5.74, 6) is 2.67. The number of carbonyl (C=O) groups is 1. The molecule has 0 aromatic heterocycles. The van der Waals surface area contributed by atoms with Gasteiger partial charge in [0, 0.05) is 5.56 Å². The van der Waals surface area contributed by atoms with Crippen molar-refractivity contribution in [1.29, 1.82) is 0 Å². The summed E-state index contributed by atoms with van der Waals surface area (Å²) < 4.78 is 5.41. The first-order valence-electron chi connectivity index (χ1n) is 8.50. The minimum atomic E-state index is -0.502. The van der Waals surface area contributed by atoms with Crippen molar-refractivity contribution in [3.63, 3.8) is 0 Å². The van der Waals surface area contributed by atoms with Crippen LogP contribution in [-0.4, -0.2) is 11.7 Å². The lowest BCUT2D eigenvalue weighted by Gasteiger charge is -2.24. The molecule has 25 heavy (non-hydrogen) atoms. The van der Waals surface area contributed by atoms with Gasteiger partial charge in [-0.3, -0.25) is 0 Å². The molecule has 0 radical (unpaired) electrons. The monoisotopic (exact) mass is 333 g/mol. The Kier molecular flexibility index (Phi) is 4.30. The van der Waals surface area contributed by atoms with Crippen molar-refractivity contribution < 1.29 is 9.53 Å². The lowest BCUT2D eigenvalue weighted by Crippen LogP contribution is -2.39. The second-order valence-electron chi connectivity index (χ2n) is 7.51. The first-order chi connectivity index (χ1) is 11.8. The molecule has 3 nitrogen and oxygen atoms in total. The molecule has 128 valence electrons. The fraction of sp³-hybridized carbons (Fsp3) is 0.318. The van der Waals surface area contributed by atoms with Crippen molar-refractivity contribution in [1.82, 2.24) is 5.32 Å². The van der Waals surface area contributed by atoms with E-state index in [1.165, 1.54) is 0 Å². The molecule has 2 aromatic rings. The quantitative estimate of drug-likeness (QED) is 0.816. The van der Waals surface area contributed by atoms with Gasteiger partial charge in [0.25, 0.3) is 0 Å². The molecular formula is C22H23NO2. The molecule has 1 saturated carbocycles. The van der Waals surface area contributed by atoms with Crippen LogP contribution in [0.15, 0.2) is 48.5 Å². The number of amides is 1. The molecule has 0 aliphatic heterocycles. The number of nitrogens with one attached hydrogen (secondary N) is 1. The number of carbonyl (C=O) groups excluding carboxylic acids is 1. The molecule has 0 spiro atoms. The fourth-order valence-electron chi connectivity index (χ4n) is 2.89. The predicted molar refractivity (Wildman–Crippen MR) is 100 cm³/mol. The van der Waals surface area contributed by atoms with E-state index in [9.17, 15) is 4.79 Å². The summed E-state index contributed by atoms with van der Waals surface area (Å²) in [6, 6.07) is 16.2. The van der Waals surface area contributed by atoms with Gasteiger partial charge in [-0.05, 0) is 68.5 Å². The van der Waals surface area contributed by atoms with Gasteiger partial charge in [0.15, 0.2) is 0 Å². The van der Waals surface area contributed by atoms with E-state index in [1.807, 2.05) is 51.1 Å². The van der Waals surface area contributed by atoms with Crippen molar-refractivity contribution in [3.05, 3.63) is 59.7 Å². The maximum Gasteiger partial charge on any atom is 0.408 e. The van der Waals surface area contributed by atoms with Crippen molar-refractivity contribution in [2.75, 3.05) is 0 Å². The summed E-state index contributed by atoms with van der Waals surface area (Å²) in [6.45, 7) is 5.60. The van der Waals surface area contributed by atoms with Crippen molar-refractivity contribution in [3.8, 4) is 23.5 Å². The number of benzene rings is 2. The predicted octanol–water partition coefficient (Wildman–Crippen LogP) is 4.85. The number of alkyl carbamates (subject to hydrolysis) is 1. The van der Waals surface area contributed by atoms with E-state index in [0.29, 0.717) is 0 Å². The van der Waals surface area contributed by atoms with E-state index < -0.39 is 5.60 Å². The van der Waals surface area contributed by atoms with Crippen molar-refractivity contribution in [2.24, 2.45) is 0 Å². The van der Waals surface area contributed by atoms with Crippen LogP contribution >= 0.6 is 0 Å². The van der Waals surface area contributed by atoms with Crippen LogP contribution in [0.1, 0.15) is 44.7 Å². The maximum atomic E-state index is 12.2. The van der Waals surface area contributed by atoms with Gasteiger partial charge < -0.3 is 10.1 Å². The smallest absolute Gasteiger partial charge is 0.408 e. The Morgan fingerprint density at radius 1 is 1.12 bits per heavy atom. The van der Waals surface area contributed by atoms with Crippen LogP contribution in [0.4, 0.5) is 4.79 Å². The van der Waals surface area contributed by atoms with Crippen LogP contribution in [0.3, 0.4) is 0 Å². The van der Waals surface area contributed by atoms with E-state index in [0.717, 1.165) is 35.1 Å². The minimum Gasteiger partial charge on any atom is -0.444 e. The normalized spacial score (nSPS) is 15.1. The lowest BCUT2D eigenvalue weighted by molar-refractivity contribution is 0.0495. The van der Waals surface area contributed by atoms with Gasteiger partial charge in [0.1, 0.15) is 5.60 Å². The molecule has 3 heteroatoms. The molecular weight excluding hydrogens is 310 g/mol. The zero-order valence-electron chi connectivity index (χ0n) is 14.9. The van der Waals surface area contributed by atoms with Crippen LogP contribution in [-0.2, 0) is 10.3 Å². The number of terminal acetylenes is 1. The molecule has 1 aliphatic rings. The summed E-state index contributed by atoms with van der Waals surface area (Å²) in [5, 5.41) is 3.05. The van der Waals surface area contributed by atoms with Crippen LogP contribution in [0.2, 0.25) is 0 Å². The van der Waals surface area contributed by atoms with Crippen LogP contribution in [0.5, 0.6) is 0 Å². The van der Waals surface area contributed by atoms with Gasteiger partial charge in [-0.2, -0.15) is 0 Å². The van der Waals surface area contributed by atoms with Gasteiger partial charge >= 0.3 is 6.09 Å². The topological polar surface area (TPSA) is 38.3 Å². The zero-order chi connectivity index (χ0) is 18.1. The number of hydrogen-bond donors (Lipinski definition) is 1. The molecule has 0 bridgehead atoms. The SMILES string of the molecule is C#Cc1cccc(-c2cccc(C3(NC(=O)OC(C)(C)C)CC3)c2)c1. The second-order valence-corrected chi connectivity index (χ2v) is 7.51. The van der Waals surface area contributed by atoms with E-state index in [1.54, 1.807) is 0 Å². The maximum absolute atomic E-state index is 12.2. The van der Waals surface area contributed by atoms with Crippen molar-refractivity contribution >= 4 is 6.09 Å². The molecule has 2 aromatic carbocycles. The Morgan fingerprint density at radius 3 is 2.36 bits per heavy atom. The molecule has 1 N–H and O–H groups in total. The first kappa shape index (κ1) is 17.1. The summed E-state index contributed by atoms with van der Waals surface area (Å²) in [4.78, 5) is 12.2. The summed E-state index contributed by atoms with van der Waals surface area (Å²) >= 11 is 0. The average molecular weight is 333 g/mol. The molecule has 3 rings (SSSR count). The second kappa shape index (κ2) is 6.29. The Labute approximate surface area is 149 Å². The molecule has 1 fully saturated rings. The zero-order valence-corrected chi connectivity index (χ0v) is 14.9. The molecule has 0 saturated heterocycles. The number of rotatable bonds is 3.